The van der Waals surface area contributed by atoms with Crippen molar-refractivity contribution in [3.05, 3.63) is 46.7 Å². The number of hydrogen-bond acceptors (Lipinski definition) is 4. The van der Waals surface area contributed by atoms with Gasteiger partial charge in [0.2, 0.25) is 0 Å². The fourth-order valence-corrected chi connectivity index (χ4v) is 2.01. The van der Waals surface area contributed by atoms with E-state index >= 15 is 0 Å². The Labute approximate surface area is 135 Å². The second kappa shape index (κ2) is 6.04. The molecule has 0 spiro atoms. The standard InChI is InChI=1S/C7H4F3N3.C6H3ClFN3/c8-7(9,10)4-1-2-5-6(3-4)12-13-11-5;7-3-1-5-6(2-4(3)8)10-11-9-5/h1-3H,(H,11,12,13);1-2H,(H,9,10,11). The van der Waals surface area contributed by atoms with Crippen LogP contribution in [0.15, 0.2) is 30.3 Å². The molecule has 0 aliphatic rings. The summed E-state index contributed by atoms with van der Waals surface area (Å²) >= 11 is 5.49. The highest BCUT2D eigenvalue weighted by atomic mass is 35.5. The fourth-order valence-electron chi connectivity index (χ4n) is 1.85. The van der Waals surface area contributed by atoms with Crippen LogP contribution in [0.25, 0.3) is 22.1 Å². The number of alkyl halides is 3. The van der Waals surface area contributed by atoms with E-state index in [9.17, 15) is 17.6 Å². The third kappa shape index (κ3) is 3.27. The normalized spacial score (nSPS) is 11.5. The van der Waals surface area contributed by atoms with E-state index in [4.69, 9.17) is 11.6 Å². The van der Waals surface area contributed by atoms with Crippen LogP contribution in [0.4, 0.5) is 17.6 Å². The number of hydrogen-bond donors (Lipinski definition) is 2. The summed E-state index contributed by atoms with van der Waals surface area (Å²) in [6, 6.07) is 5.88. The van der Waals surface area contributed by atoms with Crippen molar-refractivity contribution in [1.82, 2.24) is 30.8 Å². The van der Waals surface area contributed by atoms with Crippen molar-refractivity contribution in [2.24, 2.45) is 0 Å². The molecule has 0 aliphatic carbocycles. The zero-order valence-corrected chi connectivity index (χ0v) is 12.3. The molecule has 2 aromatic carbocycles. The Hall–Kier alpha value is -2.75. The second-order valence-corrected chi connectivity index (χ2v) is 5.01. The summed E-state index contributed by atoms with van der Waals surface area (Å²) in [4.78, 5) is 0. The molecule has 0 bridgehead atoms. The van der Waals surface area contributed by atoms with Gasteiger partial charge in [0.05, 0.1) is 10.6 Å². The van der Waals surface area contributed by atoms with E-state index in [2.05, 4.69) is 30.8 Å². The molecule has 0 aliphatic heterocycles. The first-order valence-electron chi connectivity index (χ1n) is 6.38. The van der Waals surface area contributed by atoms with Crippen LogP contribution in [-0.4, -0.2) is 30.8 Å². The van der Waals surface area contributed by atoms with Gasteiger partial charge in [-0.05, 0) is 24.3 Å². The number of fused-ring (bicyclic) bond motifs is 2. The SMILES string of the molecule is FC(F)(F)c1ccc2n[nH]nc2c1.Fc1cc2n[nH]nc2cc1Cl. The lowest BCUT2D eigenvalue weighted by Crippen LogP contribution is -2.04. The maximum Gasteiger partial charge on any atom is 0.416 e. The van der Waals surface area contributed by atoms with Crippen molar-refractivity contribution in [2.45, 2.75) is 6.18 Å². The van der Waals surface area contributed by atoms with E-state index in [1.165, 1.54) is 18.2 Å². The predicted octanol–water partition coefficient (Wildman–Crippen LogP) is 3.73. The quantitative estimate of drug-likeness (QED) is 0.469. The van der Waals surface area contributed by atoms with Gasteiger partial charge in [-0.25, -0.2) is 4.39 Å². The van der Waals surface area contributed by atoms with Gasteiger partial charge in [0.1, 0.15) is 27.9 Å². The first-order valence-corrected chi connectivity index (χ1v) is 6.75. The summed E-state index contributed by atoms with van der Waals surface area (Å²) < 4.78 is 49.2. The molecule has 0 saturated carbocycles. The minimum Gasteiger partial charge on any atom is -0.205 e. The third-order valence-corrected chi connectivity index (χ3v) is 3.29. The van der Waals surface area contributed by atoms with Crippen molar-refractivity contribution in [3.8, 4) is 0 Å². The van der Waals surface area contributed by atoms with Crippen LogP contribution in [0, 0.1) is 5.82 Å². The summed E-state index contributed by atoms with van der Waals surface area (Å²) in [7, 11) is 0. The van der Waals surface area contributed by atoms with Crippen molar-refractivity contribution in [3.63, 3.8) is 0 Å². The average molecular weight is 359 g/mol. The van der Waals surface area contributed by atoms with Crippen LogP contribution in [-0.2, 0) is 6.18 Å². The van der Waals surface area contributed by atoms with Crippen LogP contribution in [0.3, 0.4) is 0 Å². The van der Waals surface area contributed by atoms with Crippen LogP contribution < -0.4 is 0 Å². The molecule has 0 unspecified atom stereocenters. The van der Waals surface area contributed by atoms with Crippen LogP contribution in [0.1, 0.15) is 5.56 Å². The number of H-pyrrole nitrogens is 2. The number of nitrogens with zero attached hydrogens (tertiary/aromatic N) is 4. The Balaban J connectivity index is 0.000000143. The van der Waals surface area contributed by atoms with E-state index in [1.54, 1.807) is 0 Å². The molecule has 4 rings (SSSR count). The lowest BCUT2D eigenvalue weighted by atomic mass is 10.2. The van der Waals surface area contributed by atoms with E-state index in [0.717, 1.165) is 12.1 Å². The number of aromatic amines is 2. The van der Waals surface area contributed by atoms with Gasteiger partial charge in [0.15, 0.2) is 0 Å². The number of rotatable bonds is 0. The molecule has 0 saturated heterocycles. The fraction of sp³-hybridized carbons (Fsp3) is 0.0769. The van der Waals surface area contributed by atoms with E-state index in [0.29, 0.717) is 16.6 Å². The molecule has 124 valence electrons. The first kappa shape index (κ1) is 16.1. The highest BCUT2D eigenvalue weighted by molar-refractivity contribution is 6.31. The molecule has 2 heterocycles. The summed E-state index contributed by atoms with van der Waals surface area (Å²) in [6.07, 6.45) is -4.33. The largest absolute Gasteiger partial charge is 0.416 e. The lowest BCUT2D eigenvalue weighted by Gasteiger charge is -2.04. The Bertz CT molecular complexity index is 957. The molecule has 0 radical (unpaired) electrons. The van der Waals surface area contributed by atoms with Crippen LogP contribution in [0.5, 0.6) is 0 Å². The highest BCUT2D eigenvalue weighted by Gasteiger charge is 2.30. The summed E-state index contributed by atoms with van der Waals surface area (Å²) in [5.41, 5.74) is 0.972. The molecule has 0 amide bonds. The van der Waals surface area contributed by atoms with Gasteiger partial charge >= 0.3 is 6.18 Å². The zero-order valence-electron chi connectivity index (χ0n) is 11.6. The summed E-state index contributed by atoms with van der Waals surface area (Å²) in [6.45, 7) is 0. The number of halogens is 5. The zero-order chi connectivity index (χ0) is 17.3. The highest BCUT2D eigenvalue weighted by Crippen LogP contribution is 2.30. The van der Waals surface area contributed by atoms with Crippen LogP contribution >= 0.6 is 11.6 Å². The van der Waals surface area contributed by atoms with E-state index < -0.39 is 17.6 Å². The molecule has 11 heteroatoms. The van der Waals surface area contributed by atoms with Crippen LogP contribution in [0.2, 0.25) is 5.02 Å². The lowest BCUT2D eigenvalue weighted by molar-refractivity contribution is -0.137. The van der Waals surface area contributed by atoms with Crippen molar-refractivity contribution >= 4 is 33.7 Å². The van der Waals surface area contributed by atoms with Crippen molar-refractivity contribution in [2.75, 3.05) is 0 Å². The summed E-state index contributed by atoms with van der Waals surface area (Å²) in [5.74, 6) is -0.479. The molecule has 4 aromatic rings. The molecule has 2 N–H and O–H groups in total. The van der Waals surface area contributed by atoms with Crippen molar-refractivity contribution < 1.29 is 17.6 Å². The van der Waals surface area contributed by atoms with Gasteiger partial charge in [-0.15, -0.1) is 0 Å². The minimum atomic E-state index is -4.33. The minimum absolute atomic E-state index is 0.0615. The molecule has 6 nitrogen and oxygen atoms in total. The smallest absolute Gasteiger partial charge is 0.205 e. The molecule has 0 atom stereocenters. The Morgan fingerprint density at radius 2 is 1.33 bits per heavy atom. The molecule has 0 fully saturated rings. The van der Waals surface area contributed by atoms with E-state index in [1.807, 2.05) is 0 Å². The number of benzene rings is 2. The third-order valence-electron chi connectivity index (χ3n) is 3.00. The Morgan fingerprint density at radius 3 is 1.96 bits per heavy atom. The monoisotopic (exact) mass is 358 g/mol. The van der Waals surface area contributed by atoms with Crippen molar-refractivity contribution in [1.29, 1.82) is 0 Å². The average Bonchev–Trinajstić information content (AvgIpc) is 3.15. The number of aromatic nitrogens is 6. The van der Waals surface area contributed by atoms with Gasteiger partial charge in [-0.3, -0.25) is 0 Å². The topological polar surface area (TPSA) is 83.1 Å². The maximum atomic E-state index is 12.7. The predicted molar refractivity (Wildman–Crippen MR) is 77.7 cm³/mol. The molecular formula is C13H7ClF4N6. The van der Waals surface area contributed by atoms with Gasteiger partial charge in [-0.1, -0.05) is 11.6 Å². The molecular weight excluding hydrogens is 352 g/mol. The van der Waals surface area contributed by atoms with Gasteiger partial charge in [-0.2, -0.15) is 44.0 Å². The summed E-state index contributed by atoms with van der Waals surface area (Å²) in [5, 5.41) is 19.3. The second-order valence-electron chi connectivity index (χ2n) is 4.60. The van der Waals surface area contributed by atoms with Gasteiger partial charge < -0.3 is 0 Å². The molecule has 24 heavy (non-hydrogen) atoms. The molecule has 2 aromatic heterocycles. The van der Waals surface area contributed by atoms with Gasteiger partial charge in [0.25, 0.3) is 0 Å². The van der Waals surface area contributed by atoms with Gasteiger partial charge in [0, 0.05) is 6.07 Å². The maximum absolute atomic E-state index is 12.7. The first-order chi connectivity index (χ1) is 11.3. The number of nitrogens with one attached hydrogen (secondary N) is 2. The Morgan fingerprint density at radius 1 is 0.792 bits per heavy atom. The van der Waals surface area contributed by atoms with E-state index in [-0.39, 0.29) is 10.5 Å². The Kier molecular flexibility index (Phi) is 4.06.